The number of likely N-dealkylation sites (tertiary alicyclic amines) is 1. The summed E-state index contributed by atoms with van der Waals surface area (Å²) >= 11 is 5.99. The minimum absolute atomic E-state index is 0.124. The fourth-order valence-corrected chi connectivity index (χ4v) is 4.04. The Morgan fingerprint density at radius 2 is 1.85 bits per heavy atom. The topological polar surface area (TPSA) is 68.2 Å². The molecule has 1 amide bonds. The number of aromatic nitrogens is 3. The summed E-state index contributed by atoms with van der Waals surface area (Å²) in [4.78, 5) is 26.8. The van der Waals surface area contributed by atoms with E-state index in [-0.39, 0.29) is 22.6 Å². The van der Waals surface area contributed by atoms with Gasteiger partial charge in [0.1, 0.15) is 11.1 Å². The highest BCUT2D eigenvalue weighted by atomic mass is 35.5. The zero-order chi connectivity index (χ0) is 24.5. The molecule has 0 spiro atoms. The van der Waals surface area contributed by atoms with E-state index in [0.717, 1.165) is 18.5 Å². The van der Waals surface area contributed by atoms with Crippen LogP contribution in [0.1, 0.15) is 35.7 Å². The van der Waals surface area contributed by atoms with Crippen molar-refractivity contribution in [3.05, 3.63) is 70.9 Å². The molecule has 0 aliphatic carbocycles. The van der Waals surface area contributed by atoms with E-state index < -0.39 is 29.7 Å². The number of hydrogen-bond donors (Lipinski definition) is 0. The number of pyridine rings is 1. The molecule has 6 nitrogen and oxygen atoms in total. The first-order valence-electron chi connectivity index (χ1n) is 10.4. The minimum atomic E-state index is -4.57. The van der Waals surface area contributed by atoms with Crippen molar-refractivity contribution in [3.63, 3.8) is 0 Å². The van der Waals surface area contributed by atoms with Gasteiger partial charge in [-0.2, -0.15) is 13.2 Å². The van der Waals surface area contributed by atoms with Gasteiger partial charge in [0.25, 0.3) is 5.91 Å². The average molecular weight is 495 g/mol. The molecule has 11 heteroatoms. The van der Waals surface area contributed by atoms with E-state index >= 15 is 0 Å². The molecule has 2 aromatic heterocycles. The van der Waals surface area contributed by atoms with Crippen LogP contribution >= 0.6 is 11.6 Å². The van der Waals surface area contributed by atoms with Crippen LogP contribution in [-0.2, 0) is 6.18 Å². The number of rotatable bonds is 4. The van der Waals surface area contributed by atoms with Crippen molar-refractivity contribution in [2.45, 2.75) is 38.1 Å². The molecule has 4 rings (SSSR count). The molecular weight excluding hydrogens is 476 g/mol. The maximum absolute atomic E-state index is 13.5. The first-order valence-corrected chi connectivity index (χ1v) is 10.8. The van der Waals surface area contributed by atoms with Gasteiger partial charge in [0.15, 0.2) is 11.6 Å². The molecule has 1 aliphatic rings. The summed E-state index contributed by atoms with van der Waals surface area (Å²) < 4.78 is 57.7. The van der Waals surface area contributed by atoms with E-state index in [0.29, 0.717) is 36.7 Å². The van der Waals surface area contributed by atoms with Gasteiger partial charge >= 0.3 is 6.18 Å². The summed E-state index contributed by atoms with van der Waals surface area (Å²) in [6, 6.07) is 7.07. The van der Waals surface area contributed by atoms with Crippen molar-refractivity contribution in [2.75, 3.05) is 6.54 Å². The number of nitrogens with zero attached hydrogens (tertiary/aromatic N) is 4. The van der Waals surface area contributed by atoms with Gasteiger partial charge in [-0.1, -0.05) is 29.8 Å². The predicted molar refractivity (Wildman–Crippen MR) is 116 cm³/mol. The highest BCUT2D eigenvalue weighted by Crippen LogP contribution is 2.34. The van der Waals surface area contributed by atoms with Gasteiger partial charge in [0.05, 0.1) is 29.6 Å². The number of halogens is 5. The molecule has 178 valence electrons. The fourth-order valence-electron chi connectivity index (χ4n) is 3.83. The second kappa shape index (κ2) is 9.54. The Labute approximate surface area is 197 Å². The van der Waals surface area contributed by atoms with Crippen LogP contribution in [0.3, 0.4) is 0 Å². The van der Waals surface area contributed by atoms with Crippen molar-refractivity contribution >= 4 is 17.5 Å². The molecule has 2 atom stereocenters. The number of carbonyl (C=O) groups excluding carboxylic acids is 1. The second-order valence-electron chi connectivity index (χ2n) is 7.82. The van der Waals surface area contributed by atoms with Crippen LogP contribution in [0.4, 0.5) is 17.6 Å². The van der Waals surface area contributed by atoms with Crippen molar-refractivity contribution in [1.29, 1.82) is 0 Å². The van der Waals surface area contributed by atoms with Crippen LogP contribution in [0.5, 0.6) is 5.88 Å². The highest BCUT2D eigenvalue weighted by Gasteiger charge is 2.36. The van der Waals surface area contributed by atoms with E-state index in [9.17, 15) is 22.4 Å². The van der Waals surface area contributed by atoms with Gasteiger partial charge in [-0.25, -0.2) is 19.3 Å². The van der Waals surface area contributed by atoms with E-state index in [1.807, 2.05) is 0 Å². The van der Waals surface area contributed by atoms with Gasteiger partial charge in [-0.15, -0.1) is 0 Å². The third-order valence-electron chi connectivity index (χ3n) is 5.59. The van der Waals surface area contributed by atoms with Gasteiger partial charge in [-0.05, 0) is 31.9 Å². The Morgan fingerprint density at radius 1 is 1.15 bits per heavy atom. The van der Waals surface area contributed by atoms with Crippen molar-refractivity contribution in [1.82, 2.24) is 19.9 Å². The maximum atomic E-state index is 13.5. The van der Waals surface area contributed by atoms with Gasteiger partial charge in [-0.3, -0.25) is 4.79 Å². The van der Waals surface area contributed by atoms with Crippen LogP contribution in [0, 0.1) is 5.82 Å². The Morgan fingerprint density at radius 3 is 2.53 bits per heavy atom. The zero-order valence-electron chi connectivity index (χ0n) is 17.9. The van der Waals surface area contributed by atoms with Gasteiger partial charge in [0.2, 0.25) is 5.88 Å². The Kier molecular flexibility index (Phi) is 6.70. The van der Waals surface area contributed by atoms with Crippen LogP contribution in [0.2, 0.25) is 5.02 Å². The summed E-state index contributed by atoms with van der Waals surface area (Å²) in [6.45, 7) is 2.24. The molecular formula is C23H19ClF4N4O2. The quantitative estimate of drug-likeness (QED) is 0.453. The number of carbonyl (C=O) groups is 1. The van der Waals surface area contributed by atoms with E-state index in [2.05, 4.69) is 15.0 Å². The summed E-state index contributed by atoms with van der Waals surface area (Å²) in [7, 11) is 0. The van der Waals surface area contributed by atoms with Crippen LogP contribution < -0.4 is 4.74 Å². The predicted octanol–water partition coefficient (Wildman–Crippen LogP) is 5.42. The monoisotopic (exact) mass is 494 g/mol. The Hall–Kier alpha value is -3.27. The number of benzene rings is 1. The van der Waals surface area contributed by atoms with E-state index in [1.54, 1.807) is 36.1 Å². The molecule has 0 N–H and O–H groups in total. The lowest BCUT2D eigenvalue weighted by Crippen LogP contribution is -2.51. The SMILES string of the molecule is C[C@H]1[C@H](Oc2ncc(C(F)(F)F)cc2Cl)CCCN1C(=O)c1ccccc1-c1ncc(F)cn1. The average Bonchev–Trinajstić information content (AvgIpc) is 2.81. The lowest BCUT2D eigenvalue weighted by Gasteiger charge is -2.39. The molecule has 0 unspecified atom stereocenters. The normalized spacial score (nSPS) is 18.6. The van der Waals surface area contributed by atoms with Crippen molar-refractivity contribution in [3.8, 4) is 17.3 Å². The Bertz CT molecular complexity index is 1190. The summed E-state index contributed by atoms with van der Waals surface area (Å²) in [5.74, 6) is -0.798. The number of amides is 1. The molecule has 34 heavy (non-hydrogen) atoms. The number of ether oxygens (including phenoxy) is 1. The molecule has 1 fully saturated rings. The molecule has 0 radical (unpaired) electrons. The van der Waals surface area contributed by atoms with Crippen LogP contribution in [0.25, 0.3) is 11.4 Å². The molecule has 3 aromatic rings. The number of alkyl halides is 3. The minimum Gasteiger partial charge on any atom is -0.471 e. The standard InChI is InChI=1S/C23H19ClF4N4O2/c1-13-19(34-21-18(24)9-14(10-31-21)23(26,27)28)7-4-8-32(13)22(33)17-6-3-2-5-16(17)20-29-11-15(25)12-30-20/h2-3,5-6,9-13,19H,4,7-8H2,1H3/t13-,19+/m0/s1. The fraction of sp³-hybridized carbons (Fsp3) is 0.304. The first kappa shape index (κ1) is 23.9. The maximum Gasteiger partial charge on any atom is 0.417 e. The second-order valence-corrected chi connectivity index (χ2v) is 8.22. The van der Waals surface area contributed by atoms with Crippen molar-refractivity contribution < 1.29 is 27.1 Å². The molecule has 3 heterocycles. The smallest absolute Gasteiger partial charge is 0.417 e. The number of hydrogen-bond acceptors (Lipinski definition) is 5. The summed E-state index contributed by atoms with van der Waals surface area (Å²) in [6.07, 6.45) is -1.22. The van der Waals surface area contributed by atoms with Crippen LogP contribution in [0.15, 0.2) is 48.9 Å². The molecule has 1 saturated heterocycles. The lowest BCUT2D eigenvalue weighted by molar-refractivity contribution is -0.137. The Balaban J connectivity index is 1.56. The largest absolute Gasteiger partial charge is 0.471 e. The molecule has 1 aliphatic heterocycles. The molecule has 1 aromatic carbocycles. The van der Waals surface area contributed by atoms with E-state index in [1.165, 1.54) is 0 Å². The van der Waals surface area contributed by atoms with Crippen LogP contribution in [-0.4, -0.2) is 44.4 Å². The summed E-state index contributed by atoms with van der Waals surface area (Å²) in [5.41, 5.74) is -0.180. The lowest BCUT2D eigenvalue weighted by atomic mass is 9.97. The first-order chi connectivity index (χ1) is 16.1. The molecule has 0 saturated carbocycles. The third-order valence-corrected chi connectivity index (χ3v) is 5.87. The number of piperidine rings is 1. The van der Waals surface area contributed by atoms with Gasteiger partial charge in [0, 0.05) is 18.3 Å². The van der Waals surface area contributed by atoms with E-state index in [4.69, 9.17) is 16.3 Å². The zero-order valence-corrected chi connectivity index (χ0v) is 18.6. The van der Waals surface area contributed by atoms with Crippen molar-refractivity contribution in [2.24, 2.45) is 0 Å². The third kappa shape index (κ3) is 4.96. The summed E-state index contributed by atoms with van der Waals surface area (Å²) in [5, 5.41) is -0.260. The van der Waals surface area contributed by atoms with Gasteiger partial charge < -0.3 is 9.64 Å². The highest BCUT2D eigenvalue weighted by molar-refractivity contribution is 6.31. The molecule has 0 bridgehead atoms.